The Kier molecular flexibility index (Phi) is 4.73. The van der Waals surface area contributed by atoms with Gasteiger partial charge in [-0.25, -0.2) is 0 Å². The number of hydrogen-bond donors (Lipinski definition) is 1. The minimum Gasteiger partial charge on any atom is -0.358 e. The van der Waals surface area contributed by atoms with E-state index in [0.717, 1.165) is 22.2 Å². The van der Waals surface area contributed by atoms with Crippen LogP contribution in [-0.2, 0) is 6.42 Å². The Labute approximate surface area is 122 Å². The van der Waals surface area contributed by atoms with Crippen LogP contribution in [0.1, 0.15) is 11.3 Å². The van der Waals surface area contributed by atoms with Gasteiger partial charge in [-0.2, -0.15) is 13.2 Å². The highest BCUT2D eigenvalue weighted by molar-refractivity contribution is 5.84. The average Bonchev–Trinajstić information content (AvgIpc) is 2.70. The fourth-order valence-corrected chi connectivity index (χ4v) is 2.60. The van der Waals surface area contributed by atoms with Crippen LogP contribution < -0.4 is 0 Å². The number of benzene rings is 1. The van der Waals surface area contributed by atoms with Gasteiger partial charge in [-0.1, -0.05) is 24.3 Å². The molecular weight excluding hydrogens is 277 g/mol. The van der Waals surface area contributed by atoms with Crippen LogP contribution in [0.3, 0.4) is 0 Å². The van der Waals surface area contributed by atoms with Gasteiger partial charge in [0.2, 0.25) is 0 Å². The molecule has 0 saturated heterocycles. The number of halogens is 3. The minimum absolute atomic E-state index is 0.237. The molecule has 0 fully saturated rings. The van der Waals surface area contributed by atoms with Crippen LogP contribution in [-0.4, -0.2) is 35.7 Å². The van der Waals surface area contributed by atoms with E-state index >= 15 is 0 Å². The summed E-state index contributed by atoms with van der Waals surface area (Å²) in [5.41, 5.74) is 3.12. The zero-order valence-electron chi connectivity index (χ0n) is 12.0. The number of fused-ring (bicyclic) bond motifs is 1. The maximum absolute atomic E-state index is 12.5. The van der Waals surface area contributed by atoms with E-state index in [2.05, 4.69) is 11.6 Å². The van der Waals surface area contributed by atoms with Gasteiger partial charge in [0.25, 0.3) is 0 Å². The lowest BCUT2D eigenvalue weighted by Crippen LogP contribution is -2.35. The van der Waals surface area contributed by atoms with Crippen LogP contribution in [0, 0.1) is 6.92 Å². The molecule has 2 nitrogen and oxygen atoms in total. The molecule has 0 spiro atoms. The molecule has 2 aromatic rings. The molecule has 0 bridgehead atoms. The van der Waals surface area contributed by atoms with Crippen molar-refractivity contribution in [3.8, 4) is 0 Å². The highest BCUT2D eigenvalue weighted by Gasteiger charge is 2.30. The molecule has 2 rings (SSSR count). The third kappa shape index (κ3) is 4.11. The lowest BCUT2D eigenvalue weighted by molar-refractivity contribution is -0.144. The second kappa shape index (κ2) is 6.35. The predicted octanol–water partition coefficient (Wildman–Crippen LogP) is 4.07. The molecule has 1 heterocycles. The summed E-state index contributed by atoms with van der Waals surface area (Å²) < 4.78 is 37.6. The van der Waals surface area contributed by atoms with Crippen molar-refractivity contribution in [3.05, 3.63) is 48.2 Å². The molecule has 1 N–H and O–H groups in total. The first-order chi connectivity index (χ1) is 9.90. The van der Waals surface area contributed by atoms with Crippen LogP contribution in [0.15, 0.2) is 36.9 Å². The molecule has 21 heavy (non-hydrogen) atoms. The third-order valence-corrected chi connectivity index (χ3v) is 3.50. The lowest BCUT2D eigenvalue weighted by atomic mass is 10.1. The first-order valence-electron chi connectivity index (χ1n) is 6.87. The predicted molar refractivity (Wildman–Crippen MR) is 79.4 cm³/mol. The van der Waals surface area contributed by atoms with Crippen molar-refractivity contribution < 1.29 is 13.2 Å². The number of nitrogens with one attached hydrogen (secondary N) is 1. The molecule has 0 unspecified atom stereocenters. The zero-order chi connectivity index (χ0) is 15.5. The highest BCUT2D eigenvalue weighted by Crippen LogP contribution is 2.23. The van der Waals surface area contributed by atoms with Gasteiger partial charge in [-0.15, -0.1) is 6.58 Å². The van der Waals surface area contributed by atoms with E-state index in [4.69, 9.17) is 0 Å². The van der Waals surface area contributed by atoms with Gasteiger partial charge in [0.05, 0.1) is 6.54 Å². The molecule has 0 aliphatic carbocycles. The Hall–Kier alpha value is -1.75. The van der Waals surface area contributed by atoms with Crippen molar-refractivity contribution in [1.82, 2.24) is 9.88 Å². The van der Waals surface area contributed by atoms with Gasteiger partial charge in [-0.05, 0) is 25.0 Å². The molecule has 114 valence electrons. The number of aromatic nitrogens is 1. The molecule has 1 aromatic heterocycles. The number of aromatic amines is 1. The molecule has 1 aromatic carbocycles. The summed E-state index contributed by atoms with van der Waals surface area (Å²) in [5, 5.41) is 1.08. The van der Waals surface area contributed by atoms with Crippen LogP contribution >= 0.6 is 0 Å². The largest absolute Gasteiger partial charge is 0.401 e. The average molecular weight is 296 g/mol. The summed E-state index contributed by atoms with van der Waals surface area (Å²) >= 11 is 0. The topological polar surface area (TPSA) is 19.0 Å². The third-order valence-electron chi connectivity index (χ3n) is 3.50. The van der Waals surface area contributed by atoms with Crippen molar-refractivity contribution in [2.45, 2.75) is 19.5 Å². The monoisotopic (exact) mass is 296 g/mol. The van der Waals surface area contributed by atoms with E-state index in [1.807, 2.05) is 31.2 Å². The van der Waals surface area contributed by atoms with Crippen LogP contribution in [0.25, 0.3) is 10.9 Å². The standard InChI is InChI=1S/C16H19F3N2/c1-3-9-21(11-16(17,18)19)10-8-13-12(2)20-15-7-5-4-6-14(13)15/h3-7,20H,1,8-11H2,2H3. The lowest BCUT2D eigenvalue weighted by Gasteiger charge is -2.22. The van der Waals surface area contributed by atoms with Crippen molar-refractivity contribution in [3.63, 3.8) is 0 Å². The van der Waals surface area contributed by atoms with Gasteiger partial charge >= 0.3 is 6.18 Å². The summed E-state index contributed by atoms with van der Waals surface area (Å²) in [6.45, 7) is 5.17. The van der Waals surface area contributed by atoms with Crippen molar-refractivity contribution in [2.24, 2.45) is 0 Å². The zero-order valence-corrected chi connectivity index (χ0v) is 12.0. The Morgan fingerprint density at radius 2 is 2.00 bits per heavy atom. The second-order valence-electron chi connectivity index (χ2n) is 5.16. The van der Waals surface area contributed by atoms with Crippen LogP contribution in [0.5, 0.6) is 0 Å². The maximum Gasteiger partial charge on any atom is 0.401 e. The summed E-state index contributed by atoms with van der Waals surface area (Å²) in [4.78, 5) is 4.64. The van der Waals surface area contributed by atoms with E-state index in [-0.39, 0.29) is 6.54 Å². The number of rotatable bonds is 6. The SMILES string of the molecule is C=CCN(CCc1c(C)[nH]c2ccccc12)CC(F)(F)F. The number of para-hydroxylation sites is 1. The Balaban J connectivity index is 2.12. The van der Waals surface area contributed by atoms with Crippen molar-refractivity contribution >= 4 is 10.9 Å². The fourth-order valence-electron chi connectivity index (χ4n) is 2.60. The van der Waals surface area contributed by atoms with Crippen LogP contribution in [0.2, 0.25) is 0 Å². The number of aryl methyl sites for hydroxylation is 1. The molecule has 5 heteroatoms. The first kappa shape index (κ1) is 15.6. The smallest absolute Gasteiger partial charge is 0.358 e. The molecule has 0 aliphatic heterocycles. The van der Waals surface area contributed by atoms with E-state index in [0.29, 0.717) is 13.0 Å². The Bertz CT molecular complexity index is 613. The number of nitrogens with zero attached hydrogens (tertiary/aromatic N) is 1. The van der Waals surface area contributed by atoms with Gasteiger partial charge in [0.1, 0.15) is 0 Å². The fraction of sp³-hybridized carbons (Fsp3) is 0.375. The number of hydrogen-bond acceptors (Lipinski definition) is 1. The Morgan fingerprint density at radius 3 is 2.67 bits per heavy atom. The van der Waals surface area contributed by atoms with E-state index < -0.39 is 12.7 Å². The molecular formula is C16H19F3N2. The quantitative estimate of drug-likeness (QED) is 0.796. The number of alkyl halides is 3. The van der Waals surface area contributed by atoms with Crippen molar-refractivity contribution in [1.29, 1.82) is 0 Å². The highest BCUT2D eigenvalue weighted by atomic mass is 19.4. The summed E-state index contributed by atoms with van der Waals surface area (Å²) in [7, 11) is 0. The number of H-pyrrole nitrogens is 1. The van der Waals surface area contributed by atoms with Gasteiger partial charge in [-0.3, -0.25) is 4.90 Å². The van der Waals surface area contributed by atoms with E-state index in [9.17, 15) is 13.2 Å². The van der Waals surface area contributed by atoms with Crippen molar-refractivity contribution in [2.75, 3.05) is 19.6 Å². The first-order valence-corrected chi connectivity index (χ1v) is 6.87. The van der Waals surface area contributed by atoms with Crippen LogP contribution in [0.4, 0.5) is 13.2 Å². The molecule has 0 saturated carbocycles. The van der Waals surface area contributed by atoms with Gasteiger partial charge in [0.15, 0.2) is 0 Å². The van der Waals surface area contributed by atoms with Gasteiger partial charge < -0.3 is 4.98 Å². The normalized spacial score (nSPS) is 12.2. The summed E-state index contributed by atoms with van der Waals surface area (Å²) in [5.74, 6) is 0. The molecule has 0 atom stereocenters. The Morgan fingerprint density at radius 1 is 1.29 bits per heavy atom. The summed E-state index contributed by atoms with van der Waals surface area (Å²) in [6, 6.07) is 7.85. The second-order valence-corrected chi connectivity index (χ2v) is 5.16. The maximum atomic E-state index is 12.5. The molecule has 0 aliphatic rings. The van der Waals surface area contributed by atoms with Gasteiger partial charge in [0, 0.05) is 29.7 Å². The molecule has 0 radical (unpaired) electrons. The summed E-state index contributed by atoms with van der Waals surface area (Å²) in [6.07, 6.45) is -2.09. The van der Waals surface area contributed by atoms with E-state index in [1.165, 1.54) is 11.0 Å². The minimum atomic E-state index is -4.18. The molecule has 0 amide bonds. The van der Waals surface area contributed by atoms with E-state index in [1.54, 1.807) is 0 Å².